The number of aromatic nitrogens is 1. The number of aryl methyl sites for hydroxylation is 2. The molecule has 0 saturated carbocycles. The molecule has 1 aromatic carbocycles. The Morgan fingerprint density at radius 2 is 2.07 bits per heavy atom. The third kappa shape index (κ3) is 2.58. The fourth-order valence-electron chi connectivity index (χ4n) is 1.16. The topological polar surface area (TPSA) is 22.1 Å². The minimum absolute atomic E-state index is 0.658. The normalized spacial score (nSPS) is 10.3. The van der Waals surface area contributed by atoms with E-state index in [4.69, 9.17) is 4.74 Å². The van der Waals surface area contributed by atoms with Crippen LogP contribution in [0.1, 0.15) is 11.1 Å². The molecule has 15 heavy (non-hydrogen) atoms. The second kappa shape index (κ2) is 4.33. The lowest BCUT2D eigenvalue weighted by molar-refractivity contribution is 0.477. The molecule has 0 spiro atoms. The fourth-order valence-corrected chi connectivity index (χ4v) is 2.27. The van der Waals surface area contributed by atoms with Crippen LogP contribution in [0.3, 0.4) is 0 Å². The van der Waals surface area contributed by atoms with Gasteiger partial charge in [-0.1, -0.05) is 17.4 Å². The smallest absolute Gasteiger partial charge is 0.279 e. The number of ether oxygens (including phenoxy) is 1. The Kier molecular flexibility index (Phi) is 3.07. The minimum atomic E-state index is 0.658. The first kappa shape index (κ1) is 10.6. The Hall–Kier alpha value is -0.870. The Morgan fingerprint density at radius 1 is 1.27 bits per heavy atom. The zero-order valence-electron chi connectivity index (χ0n) is 8.45. The van der Waals surface area contributed by atoms with Crippen LogP contribution in [0.4, 0.5) is 0 Å². The largest absolute Gasteiger partial charge is 0.431 e. The van der Waals surface area contributed by atoms with E-state index in [0.29, 0.717) is 5.19 Å². The van der Waals surface area contributed by atoms with Crippen molar-refractivity contribution in [2.24, 2.45) is 0 Å². The van der Waals surface area contributed by atoms with Gasteiger partial charge in [0.2, 0.25) is 0 Å². The Morgan fingerprint density at radius 3 is 2.67 bits per heavy atom. The van der Waals surface area contributed by atoms with Gasteiger partial charge < -0.3 is 4.74 Å². The first-order valence-electron chi connectivity index (χ1n) is 4.51. The van der Waals surface area contributed by atoms with E-state index in [1.54, 1.807) is 0 Å². The third-order valence-corrected chi connectivity index (χ3v) is 3.57. The third-order valence-electron chi connectivity index (χ3n) is 2.14. The summed E-state index contributed by atoms with van der Waals surface area (Å²) >= 11 is 4.77. The van der Waals surface area contributed by atoms with Gasteiger partial charge in [-0.2, -0.15) is 4.98 Å². The van der Waals surface area contributed by atoms with E-state index in [0.717, 1.165) is 10.4 Å². The number of halogens is 1. The van der Waals surface area contributed by atoms with E-state index in [2.05, 4.69) is 34.8 Å². The van der Waals surface area contributed by atoms with Crippen LogP contribution in [0.5, 0.6) is 10.9 Å². The molecule has 0 atom stereocenters. The molecule has 0 unspecified atom stereocenters. The van der Waals surface area contributed by atoms with Gasteiger partial charge >= 0.3 is 0 Å². The predicted molar refractivity (Wildman–Crippen MR) is 65.8 cm³/mol. The SMILES string of the molecule is Cc1ccc(Oc2nc(Br)cs2)cc1C. The highest BCUT2D eigenvalue weighted by Gasteiger charge is 2.03. The van der Waals surface area contributed by atoms with E-state index in [1.165, 1.54) is 22.5 Å². The average molecular weight is 284 g/mol. The van der Waals surface area contributed by atoms with Crippen LogP contribution >= 0.6 is 27.3 Å². The summed E-state index contributed by atoms with van der Waals surface area (Å²) in [4.78, 5) is 4.17. The molecule has 2 aromatic rings. The maximum Gasteiger partial charge on any atom is 0.279 e. The van der Waals surface area contributed by atoms with Gasteiger partial charge in [-0.25, -0.2) is 0 Å². The van der Waals surface area contributed by atoms with Crippen molar-refractivity contribution >= 4 is 27.3 Å². The van der Waals surface area contributed by atoms with E-state index >= 15 is 0 Å². The van der Waals surface area contributed by atoms with Gasteiger partial charge in [0.15, 0.2) is 0 Å². The van der Waals surface area contributed by atoms with Crippen molar-refractivity contribution < 1.29 is 4.74 Å². The van der Waals surface area contributed by atoms with Crippen molar-refractivity contribution in [3.63, 3.8) is 0 Å². The summed E-state index contributed by atoms with van der Waals surface area (Å²) in [6, 6.07) is 6.02. The lowest BCUT2D eigenvalue weighted by Gasteiger charge is -2.04. The van der Waals surface area contributed by atoms with Gasteiger partial charge in [-0.3, -0.25) is 0 Å². The Bertz CT molecular complexity index is 481. The molecule has 0 radical (unpaired) electrons. The molecule has 0 saturated heterocycles. The van der Waals surface area contributed by atoms with E-state index in [9.17, 15) is 0 Å². The molecular formula is C11H10BrNOS. The van der Waals surface area contributed by atoms with Crippen molar-refractivity contribution in [2.75, 3.05) is 0 Å². The molecule has 0 aliphatic rings. The molecule has 0 bridgehead atoms. The second-order valence-corrected chi connectivity index (χ2v) is 4.92. The number of thiazole rings is 1. The van der Waals surface area contributed by atoms with Crippen molar-refractivity contribution in [3.05, 3.63) is 39.3 Å². The van der Waals surface area contributed by atoms with Gasteiger partial charge in [0.25, 0.3) is 5.19 Å². The number of hydrogen-bond acceptors (Lipinski definition) is 3. The number of nitrogens with zero attached hydrogens (tertiary/aromatic N) is 1. The summed E-state index contributed by atoms with van der Waals surface area (Å²) in [5, 5.41) is 2.56. The van der Waals surface area contributed by atoms with Crippen LogP contribution < -0.4 is 4.74 Å². The summed E-state index contributed by atoms with van der Waals surface area (Å²) in [6.07, 6.45) is 0. The lowest BCUT2D eigenvalue weighted by Crippen LogP contribution is -1.86. The molecule has 0 aliphatic heterocycles. The molecule has 0 N–H and O–H groups in total. The van der Waals surface area contributed by atoms with Gasteiger partial charge in [0, 0.05) is 5.38 Å². The highest BCUT2D eigenvalue weighted by atomic mass is 79.9. The van der Waals surface area contributed by atoms with Crippen molar-refractivity contribution in [3.8, 4) is 10.9 Å². The first-order chi connectivity index (χ1) is 7.15. The van der Waals surface area contributed by atoms with Crippen molar-refractivity contribution in [1.82, 2.24) is 4.98 Å². The molecule has 0 amide bonds. The molecule has 1 heterocycles. The monoisotopic (exact) mass is 283 g/mol. The maximum absolute atomic E-state index is 5.61. The molecule has 1 aromatic heterocycles. The number of hydrogen-bond donors (Lipinski definition) is 0. The lowest BCUT2D eigenvalue weighted by atomic mass is 10.1. The highest BCUT2D eigenvalue weighted by Crippen LogP contribution is 2.28. The van der Waals surface area contributed by atoms with Crippen LogP contribution in [0.2, 0.25) is 0 Å². The predicted octanol–water partition coefficient (Wildman–Crippen LogP) is 4.31. The molecule has 0 fully saturated rings. The van der Waals surface area contributed by atoms with E-state index in [-0.39, 0.29) is 0 Å². The van der Waals surface area contributed by atoms with Crippen LogP contribution in [-0.2, 0) is 0 Å². The van der Waals surface area contributed by atoms with Crippen molar-refractivity contribution in [1.29, 1.82) is 0 Å². The summed E-state index contributed by atoms with van der Waals surface area (Å²) < 4.78 is 6.42. The van der Waals surface area contributed by atoms with E-state index < -0.39 is 0 Å². The molecule has 78 valence electrons. The minimum Gasteiger partial charge on any atom is -0.431 e. The van der Waals surface area contributed by atoms with Crippen LogP contribution in [0, 0.1) is 13.8 Å². The fraction of sp³-hybridized carbons (Fsp3) is 0.182. The molecule has 2 rings (SSSR count). The first-order valence-corrected chi connectivity index (χ1v) is 6.18. The Labute approximate surface area is 101 Å². The molecular weight excluding hydrogens is 274 g/mol. The number of rotatable bonds is 2. The summed E-state index contributed by atoms with van der Waals surface area (Å²) in [5.41, 5.74) is 2.49. The van der Waals surface area contributed by atoms with Crippen LogP contribution in [0.15, 0.2) is 28.2 Å². The van der Waals surface area contributed by atoms with Gasteiger partial charge in [0.1, 0.15) is 10.4 Å². The molecule has 0 aliphatic carbocycles. The van der Waals surface area contributed by atoms with Gasteiger partial charge in [0.05, 0.1) is 0 Å². The standard InChI is InChI=1S/C11H10BrNOS/c1-7-3-4-9(5-8(7)2)14-11-13-10(12)6-15-11/h3-6H,1-2H3. The van der Waals surface area contributed by atoms with Crippen LogP contribution in [0.25, 0.3) is 0 Å². The van der Waals surface area contributed by atoms with Gasteiger partial charge in [-0.05, 0) is 53.0 Å². The zero-order valence-corrected chi connectivity index (χ0v) is 10.9. The van der Waals surface area contributed by atoms with E-state index in [1.807, 2.05) is 23.6 Å². The second-order valence-electron chi connectivity index (χ2n) is 3.28. The van der Waals surface area contributed by atoms with Crippen LogP contribution in [-0.4, -0.2) is 4.98 Å². The molecule has 2 nitrogen and oxygen atoms in total. The average Bonchev–Trinajstić information content (AvgIpc) is 2.58. The summed E-state index contributed by atoms with van der Waals surface area (Å²) in [7, 11) is 0. The maximum atomic E-state index is 5.61. The number of benzene rings is 1. The highest BCUT2D eigenvalue weighted by molar-refractivity contribution is 9.10. The summed E-state index contributed by atoms with van der Waals surface area (Å²) in [5.74, 6) is 0.833. The van der Waals surface area contributed by atoms with Crippen molar-refractivity contribution in [2.45, 2.75) is 13.8 Å². The van der Waals surface area contributed by atoms with Gasteiger partial charge in [-0.15, -0.1) is 0 Å². The summed E-state index contributed by atoms with van der Waals surface area (Å²) in [6.45, 7) is 4.15. The molecule has 4 heteroatoms. The zero-order chi connectivity index (χ0) is 10.8. The quantitative estimate of drug-likeness (QED) is 0.819. The Balaban J connectivity index is 2.21.